The molecule has 0 saturated heterocycles. The van der Waals surface area contributed by atoms with E-state index in [-0.39, 0.29) is 22.2 Å². The zero-order valence-corrected chi connectivity index (χ0v) is 12.4. The molecule has 0 aliphatic rings. The number of anilines is 1. The summed E-state index contributed by atoms with van der Waals surface area (Å²) in [5, 5.41) is 7.55. The quantitative estimate of drug-likeness (QED) is 0.734. The van der Waals surface area contributed by atoms with E-state index in [0.29, 0.717) is 5.82 Å². The maximum Gasteiger partial charge on any atom is 0.268 e. The summed E-state index contributed by atoms with van der Waals surface area (Å²) in [6.07, 6.45) is 4.01. The zero-order chi connectivity index (χ0) is 15.7. The van der Waals surface area contributed by atoms with Crippen LogP contribution in [0.5, 0.6) is 0 Å². The average Bonchev–Trinajstić information content (AvgIpc) is 3.09. The van der Waals surface area contributed by atoms with Gasteiger partial charge in [0.1, 0.15) is 30.5 Å². The number of nitrogens with one attached hydrogen (secondary N) is 1. The second-order valence-electron chi connectivity index (χ2n) is 4.36. The fourth-order valence-corrected chi connectivity index (χ4v) is 3.23. The number of rotatable bonds is 4. The lowest BCUT2D eigenvalue weighted by Gasteiger charge is -2.07. The summed E-state index contributed by atoms with van der Waals surface area (Å²) in [5.74, 6) is 0.681. The van der Waals surface area contributed by atoms with Gasteiger partial charge in [-0.1, -0.05) is 5.16 Å². The molecule has 0 amide bonds. The first-order chi connectivity index (χ1) is 10.5. The Morgan fingerprint density at radius 3 is 2.68 bits per heavy atom. The summed E-state index contributed by atoms with van der Waals surface area (Å²) < 4.78 is 33.4. The Morgan fingerprint density at radius 2 is 2.05 bits per heavy atom. The molecule has 0 aliphatic heterocycles. The van der Waals surface area contributed by atoms with Gasteiger partial charge in [-0.15, -0.1) is 0 Å². The van der Waals surface area contributed by atoms with Crippen LogP contribution in [0.3, 0.4) is 0 Å². The van der Waals surface area contributed by atoms with Gasteiger partial charge in [0.05, 0.1) is 0 Å². The van der Waals surface area contributed by atoms with Gasteiger partial charge in [0.2, 0.25) is 0 Å². The Balaban J connectivity index is 1.95. The minimum absolute atomic E-state index is 0.00609. The molecular weight excluding hydrogens is 310 g/mol. The van der Waals surface area contributed by atoms with Gasteiger partial charge in [0.15, 0.2) is 16.5 Å². The molecule has 22 heavy (non-hydrogen) atoms. The minimum atomic E-state index is -3.86. The normalized spacial score (nSPS) is 11.5. The second kappa shape index (κ2) is 5.18. The van der Waals surface area contributed by atoms with Crippen molar-refractivity contribution in [2.24, 2.45) is 0 Å². The number of hydrogen-bond donors (Lipinski definition) is 1. The number of sulfonamides is 1. The summed E-state index contributed by atoms with van der Waals surface area (Å²) >= 11 is 0. The topological polar surface area (TPSA) is 129 Å². The van der Waals surface area contributed by atoms with E-state index in [1.807, 2.05) is 0 Å². The van der Waals surface area contributed by atoms with Gasteiger partial charge in [0.25, 0.3) is 10.0 Å². The number of aryl methyl sites for hydroxylation is 2. The Bertz CT molecular complexity index is 882. The predicted octanol–water partition coefficient (Wildman–Crippen LogP) is 0.463. The third kappa shape index (κ3) is 2.53. The van der Waals surface area contributed by atoms with Crippen LogP contribution in [-0.4, -0.2) is 38.3 Å². The van der Waals surface area contributed by atoms with Gasteiger partial charge in [0, 0.05) is 6.07 Å². The monoisotopic (exact) mass is 321 g/mol. The predicted molar refractivity (Wildman–Crippen MR) is 73.7 cm³/mol. The maximum absolute atomic E-state index is 12.4. The summed E-state index contributed by atoms with van der Waals surface area (Å²) in [6.45, 7) is 3.07. The molecule has 0 radical (unpaired) electrons. The molecule has 0 bridgehead atoms. The zero-order valence-electron chi connectivity index (χ0n) is 11.6. The number of aromatic nitrogens is 6. The molecule has 1 N–H and O–H groups in total. The molecule has 0 fully saturated rings. The number of hydrogen-bond acceptors (Lipinski definition) is 8. The third-order valence-electron chi connectivity index (χ3n) is 2.78. The number of nitrogens with zero attached hydrogens (tertiary/aromatic N) is 6. The largest absolute Gasteiger partial charge is 0.360 e. The Hall–Kier alpha value is -2.82. The lowest BCUT2D eigenvalue weighted by Crippen LogP contribution is -2.16. The van der Waals surface area contributed by atoms with E-state index in [2.05, 4.69) is 29.9 Å². The molecule has 3 rings (SSSR count). The van der Waals surface area contributed by atoms with E-state index in [4.69, 9.17) is 4.52 Å². The molecular formula is C11H11N7O3S. The van der Waals surface area contributed by atoms with Gasteiger partial charge in [-0.25, -0.2) is 28.1 Å². The van der Waals surface area contributed by atoms with Crippen LogP contribution in [0, 0.1) is 13.8 Å². The first-order valence-corrected chi connectivity index (χ1v) is 7.58. The van der Waals surface area contributed by atoms with Crippen molar-refractivity contribution < 1.29 is 12.9 Å². The minimum Gasteiger partial charge on any atom is -0.360 e. The average molecular weight is 321 g/mol. The van der Waals surface area contributed by atoms with E-state index in [9.17, 15) is 8.42 Å². The van der Waals surface area contributed by atoms with Crippen molar-refractivity contribution in [1.82, 2.24) is 29.9 Å². The molecule has 0 aromatic carbocycles. The standard InChI is InChI=1S/C11H11N7O3S/c1-7-11(8(2)21-16-7)22(19,20)17-9-3-10(14-5-13-9)18-6-12-4-15-18/h3-6H,1-2H3,(H,13,14,17). The Labute approximate surface area is 125 Å². The molecule has 0 unspecified atom stereocenters. The van der Waals surface area contributed by atoms with Crippen LogP contribution in [0.25, 0.3) is 5.82 Å². The molecule has 0 atom stereocenters. The molecule has 3 aromatic heterocycles. The van der Waals surface area contributed by atoms with Crippen LogP contribution in [-0.2, 0) is 10.0 Å². The van der Waals surface area contributed by atoms with E-state index in [1.165, 1.54) is 36.7 Å². The van der Waals surface area contributed by atoms with Gasteiger partial charge < -0.3 is 4.52 Å². The van der Waals surface area contributed by atoms with Gasteiger partial charge in [-0.2, -0.15) is 5.10 Å². The van der Waals surface area contributed by atoms with E-state index >= 15 is 0 Å². The van der Waals surface area contributed by atoms with Crippen LogP contribution < -0.4 is 4.72 Å². The van der Waals surface area contributed by atoms with Crippen molar-refractivity contribution in [2.75, 3.05) is 4.72 Å². The highest BCUT2D eigenvalue weighted by Crippen LogP contribution is 2.21. The van der Waals surface area contributed by atoms with Crippen molar-refractivity contribution in [1.29, 1.82) is 0 Å². The van der Waals surface area contributed by atoms with Crippen molar-refractivity contribution in [3.05, 3.63) is 36.5 Å². The van der Waals surface area contributed by atoms with E-state index < -0.39 is 10.0 Å². The SMILES string of the molecule is Cc1noc(C)c1S(=O)(=O)Nc1cc(-n2cncn2)ncn1. The lowest BCUT2D eigenvalue weighted by molar-refractivity contribution is 0.390. The lowest BCUT2D eigenvalue weighted by atomic mass is 10.4. The molecule has 3 heterocycles. The van der Waals surface area contributed by atoms with Crippen molar-refractivity contribution >= 4 is 15.8 Å². The highest BCUT2D eigenvalue weighted by Gasteiger charge is 2.24. The van der Waals surface area contributed by atoms with Gasteiger partial charge >= 0.3 is 0 Å². The molecule has 10 nitrogen and oxygen atoms in total. The van der Waals surface area contributed by atoms with Gasteiger partial charge in [-0.05, 0) is 13.8 Å². The fourth-order valence-electron chi connectivity index (χ4n) is 1.90. The van der Waals surface area contributed by atoms with Gasteiger partial charge in [-0.3, -0.25) is 4.72 Å². The molecule has 3 aromatic rings. The maximum atomic E-state index is 12.4. The summed E-state index contributed by atoms with van der Waals surface area (Å²) in [5.41, 5.74) is 0.274. The van der Waals surface area contributed by atoms with Crippen LogP contribution in [0.2, 0.25) is 0 Å². The van der Waals surface area contributed by atoms with Crippen LogP contribution in [0.1, 0.15) is 11.5 Å². The van der Waals surface area contributed by atoms with Crippen LogP contribution in [0.15, 0.2) is 34.5 Å². The Morgan fingerprint density at radius 1 is 1.23 bits per heavy atom. The summed E-state index contributed by atoms with van der Waals surface area (Å²) in [6, 6.07) is 1.43. The molecule has 0 aliphatic carbocycles. The first kappa shape index (κ1) is 14.1. The third-order valence-corrected chi connectivity index (χ3v) is 4.38. The van der Waals surface area contributed by atoms with Crippen molar-refractivity contribution in [3.8, 4) is 5.82 Å². The van der Waals surface area contributed by atoms with Crippen molar-refractivity contribution in [3.63, 3.8) is 0 Å². The smallest absolute Gasteiger partial charge is 0.268 e. The highest BCUT2D eigenvalue weighted by atomic mass is 32.2. The highest BCUT2D eigenvalue weighted by molar-refractivity contribution is 7.92. The fraction of sp³-hybridized carbons (Fsp3) is 0.182. The van der Waals surface area contributed by atoms with Crippen LogP contribution >= 0.6 is 0 Å². The molecule has 0 spiro atoms. The van der Waals surface area contributed by atoms with E-state index in [0.717, 1.165) is 0 Å². The Kier molecular flexibility index (Phi) is 3.33. The first-order valence-electron chi connectivity index (χ1n) is 6.10. The molecule has 0 saturated carbocycles. The van der Waals surface area contributed by atoms with E-state index in [1.54, 1.807) is 6.92 Å². The van der Waals surface area contributed by atoms with Crippen molar-refractivity contribution in [2.45, 2.75) is 18.7 Å². The summed E-state index contributed by atoms with van der Waals surface area (Å²) in [7, 11) is -3.86. The molecule has 11 heteroatoms. The second-order valence-corrected chi connectivity index (χ2v) is 5.98. The van der Waals surface area contributed by atoms with Crippen LogP contribution in [0.4, 0.5) is 5.82 Å². The summed E-state index contributed by atoms with van der Waals surface area (Å²) in [4.78, 5) is 11.7. The molecule has 114 valence electrons.